The highest BCUT2D eigenvalue weighted by Gasteiger charge is 2.31. The molecular weight excluding hydrogens is 486 g/mol. The zero-order valence-electron chi connectivity index (χ0n) is 21.4. The first-order chi connectivity index (χ1) is 18.0. The Kier molecular flexibility index (Phi) is 7.86. The smallest absolute Gasteiger partial charge is 0.270 e. The topological polar surface area (TPSA) is 80.8 Å². The molecule has 0 radical (unpaired) electrons. The number of rotatable bonds is 8. The maximum absolute atomic E-state index is 12.8. The third kappa shape index (κ3) is 5.86. The second-order valence-electron chi connectivity index (χ2n) is 9.62. The van der Waals surface area contributed by atoms with Crippen LogP contribution >= 0.6 is 11.3 Å². The number of hydrogen-bond donors (Lipinski definition) is 1. The van der Waals surface area contributed by atoms with Crippen LogP contribution in [0, 0.1) is 6.92 Å². The van der Waals surface area contributed by atoms with Gasteiger partial charge in [0.2, 0.25) is 5.91 Å². The number of carbonyl (C=O) groups excluding carboxylic acids is 2. The SMILES string of the molecule is CCC(=O)N1CCc2ccc(OCc3nc(C(=O)NC[C@@H]4CCCO4)cs3)cc2[C@H]1c1ccc(C)cc1. The number of fused-ring (bicyclic) bond motifs is 1. The summed E-state index contributed by atoms with van der Waals surface area (Å²) in [7, 11) is 0. The van der Waals surface area contributed by atoms with Crippen molar-refractivity contribution < 1.29 is 19.1 Å². The molecule has 2 aliphatic rings. The minimum absolute atomic E-state index is 0.0988. The summed E-state index contributed by atoms with van der Waals surface area (Å²) in [6, 6.07) is 14.4. The van der Waals surface area contributed by atoms with Crippen LogP contribution in [0.1, 0.15) is 70.0 Å². The minimum Gasteiger partial charge on any atom is -0.486 e. The lowest BCUT2D eigenvalue weighted by atomic mass is 9.87. The molecule has 2 amide bonds. The highest BCUT2D eigenvalue weighted by atomic mass is 32.1. The van der Waals surface area contributed by atoms with E-state index in [2.05, 4.69) is 53.6 Å². The van der Waals surface area contributed by atoms with Gasteiger partial charge in [-0.3, -0.25) is 9.59 Å². The van der Waals surface area contributed by atoms with Crippen LogP contribution < -0.4 is 10.1 Å². The van der Waals surface area contributed by atoms with Crippen LogP contribution in [0.15, 0.2) is 47.8 Å². The van der Waals surface area contributed by atoms with Crippen molar-refractivity contribution in [1.82, 2.24) is 15.2 Å². The van der Waals surface area contributed by atoms with Gasteiger partial charge in [0.15, 0.2) is 0 Å². The lowest BCUT2D eigenvalue weighted by molar-refractivity contribution is -0.132. The van der Waals surface area contributed by atoms with Crippen LogP contribution in [-0.4, -0.2) is 47.5 Å². The van der Waals surface area contributed by atoms with Crippen molar-refractivity contribution in [1.29, 1.82) is 0 Å². The van der Waals surface area contributed by atoms with Gasteiger partial charge in [-0.25, -0.2) is 4.98 Å². The first-order valence-corrected chi connectivity index (χ1v) is 13.9. The summed E-state index contributed by atoms with van der Waals surface area (Å²) < 4.78 is 11.7. The summed E-state index contributed by atoms with van der Waals surface area (Å²) in [5.74, 6) is 0.685. The van der Waals surface area contributed by atoms with Crippen LogP contribution in [-0.2, 0) is 22.6 Å². The molecule has 37 heavy (non-hydrogen) atoms. The van der Waals surface area contributed by atoms with Gasteiger partial charge < -0.3 is 19.7 Å². The lowest BCUT2D eigenvalue weighted by Gasteiger charge is -2.38. The maximum atomic E-state index is 12.8. The van der Waals surface area contributed by atoms with Gasteiger partial charge in [-0.05, 0) is 55.0 Å². The van der Waals surface area contributed by atoms with Gasteiger partial charge in [-0.15, -0.1) is 11.3 Å². The van der Waals surface area contributed by atoms with E-state index in [1.54, 1.807) is 5.38 Å². The predicted octanol–water partition coefficient (Wildman–Crippen LogP) is 4.82. The molecule has 2 aliphatic heterocycles. The van der Waals surface area contributed by atoms with Crippen molar-refractivity contribution >= 4 is 23.2 Å². The maximum Gasteiger partial charge on any atom is 0.270 e. The van der Waals surface area contributed by atoms with E-state index < -0.39 is 0 Å². The zero-order valence-corrected chi connectivity index (χ0v) is 22.2. The van der Waals surface area contributed by atoms with Gasteiger partial charge >= 0.3 is 0 Å². The molecule has 0 bridgehead atoms. The molecule has 5 rings (SSSR count). The number of aryl methyl sites for hydroxylation is 1. The molecule has 1 fully saturated rings. The van der Waals surface area contributed by atoms with Gasteiger partial charge in [-0.2, -0.15) is 0 Å². The van der Waals surface area contributed by atoms with Crippen molar-refractivity contribution in [2.75, 3.05) is 19.7 Å². The number of nitrogens with one attached hydrogen (secondary N) is 1. The molecule has 7 nitrogen and oxygen atoms in total. The molecule has 194 valence electrons. The average Bonchev–Trinajstić information content (AvgIpc) is 3.62. The fraction of sp³-hybridized carbons (Fsp3) is 0.414. The van der Waals surface area contributed by atoms with E-state index in [0.29, 0.717) is 25.2 Å². The molecule has 2 aromatic carbocycles. The quantitative estimate of drug-likeness (QED) is 0.461. The Morgan fingerprint density at radius 2 is 2.05 bits per heavy atom. The Bertz CT molecular complexity index is 1250. The molecule has 8 heteroatoms. The molecule has 0 unspecified atom stereocenters. The highest BCUT2D eigenvalue weighted by Crippen LogP contribution is 2.37. The molecule has 3 heterocycles. The average molecular weight is 520 g/mol. The number of ether oxygens (including phenoxy) is 2. The third-order valence-electron chi connectivity index (χ3n) is 7.02. The molecular formula is C29H33N3O4S. The first-order valence-electron chi connectivity index (χ1n) is 13.0. The van der Waals surface area contributed by atoms with Crippen LogP contribution in [0.3, 0.4) is 0 Å². The van der Waals surface area contributed by atoms with E-state index in [4.69, 9.17) is 9.47 Å². The van der Waals surface area contributed by atoms with Gasteiger partial charge in [0, 0.05) is 31.5 Å². The molecule has 1 saturated heterocycles. The number of thiazole rings is 1. The van der Waals surface area contributed by atoms with Crippen LogP contribution in [0.4, 0.5) is 0 Å². The lowest BCUT2D eigenvalue weighted by Crippen LogP contribution is -2.40. The fourth-order valence-electron chi connectivity index (χ4n) is 4.99. The molecule has 0 saturated carbocycles. The Hall–Kier alpha value is -3.23. The molecule has 0 spiro atoms. The molecule has 1 N–H and O–H groups in total. The van der Waals surface area contributed by atoms with Crippen LogP contribution in [0.2, 0.25) is 0 Å². The summed E-state index contributed by atoms with van der Waals surface area (Å²) >= 11 is 1.41. The van der Waals surface area contributed by atoms with Gasteiger partial charge in [0.05, 0.1) is 12.1 Å². The number of nitrogens with zero attached hydrogens (tertiary/aromatic N) is 2. The van der Waals surface area contributed by atoms with E-state index >= 15 is 0 Å². The number of carbonyl (C=O) groups is 2. The summed E-state index contributed by atoms with van der Waals surface area (Å²) in [4.78, 5) is 31.8. The van der Waals surface area contributed by atoms with Crippen molar-refractivity contribution in [3.8, 4) is 5.75 Å². The summed E-state index contributed by atoms with van der Waals surface area (Å²) in [5, 5.41) is 5.41. The van der Waals surface area contributed by atoms with Crippen molar-refractivity contribution in [3.63, 3.8) is 0 Å². The van der Waals surface area contributed by atoms with E-state index in [1.165, 1.54) is 22.5 Å². The third-order valence-corrected chi connectivity index (χ3v) is 7.84. The first kappa shape index (κ1) is 25.4. The van der Waals surface area contributed by atoms with Crippen molar-refractivity contribution in [2.24, 2.45) is 0 Å². The summed E-state index contributed by atoms with van der Waals surface area (Å²) in [6.07, 6.45) is 3.41. The fourth-order valence-corrected chi connectivity index (χ4v) is 5.68. The summed E-state index contributed by atoms with van der Waals surface area (Å²) in [5.41, 5.74) is 5.03. The van der Waals surface area contributed by atoms with E-state index in [1.807, 2.05) is 17.9 Å². The second kappa shape index (κ2) is 11.4. The van der Waals surface area contributed by atoms with Gasteiger partial charge in [0.1, 0.15) is 23.1 Å². The number of hydrogen-bond acceptors (Lipinski definition) is 6. The Labute approximate surface area is 221 Å². The predicted molar refractivity (Wildman–Crippen MR) is 143 cm³/mol. The largest absolute Gasteiger partial charge is 0.486 e. The zero-order chi connectivity index (χ0) is 25.8. The Morgan fingerprint density at radius 3 is 2.81 bits per heavy atom. The van der Waals surface area contributed by atoms with Gasteiger partial charge in [0.25, 0.3) is 5.91 Å². The molecule has 1 aromatic heterocycles. The van der Waals surface area contributed by atoms with Crippen LogP contribution in [0.5, 0.6) is 5.75 Å². The molecule has 0 aliphatic carbocycles. The normalized spacial score (nSPS) is 18.9. The number of benzene rings is 2. The summed E-state index contributed by atoms with van der Waals surface area (Å²) in [6.45, 7) is 6.23. The monoisotopic (exact) mass is 519 g/mol. The highest BCUT2D eigenvalue weighted by molar-refractivity contribution is 7.09. The van der Waals surface area contributed by atoms with E-state index in [-0.39, 0.29) is 30.6 Å². The van der Waals surface area contributed by atoms with Crippen LogP contribution in [0.25, 0.3) is 0 Å². The molecule has 2 atom stereocenters. The number of amides is 2. The van der Waals surface area contributed by atoms with Crippen molar-refractivity contribution in [3.05, 3.63) is 80.8 Å². The van der Waals surface area contributed by atoms with E-state index in [0.717, 1.165) is 47.8 Å². The van der Waals surface area contributed by atoms with Gasteiger partial charge in [-0.1, -0.05) is 42.8 Å². The van der Waals surface area contributed by atoms with Crippen molar-refractivity contribution in [2.45, 2.75) is 58.3 Å². The Balaban J connectivity index is 1.29. The minimum atomic E-state index is -0.187. The standard InChI is InChI=1S/C29H33N3O4S/c1-3-27(33)32-13-12-20-10-11-22(15-24(20)28(32)21-8-6-19(2)7-9-21)36-17-26-31-25(18-37-26)29(34)30-16-23-5-4-14-35-23/h6-11,15,18,23,28H,3-5,12-14,16-17H2,1-2H3,(H,30,34)/t23-,28+/m0/s1. The van der Waals surface area contributed by atoms with E-state index in [9.17, 15) is 9.59 Å². The Morgan fingerprint density at radius 1 is 1.22 bits per heavy atom. The molecule has 3 aromatic rings. The number of aromatic nitrogens is 1. The second-order valence-corrected chi connectivity index (χ2v) is 10.6.